The van der Waals surface area contributed by atoms with E-state index in [1.54, 1.807) is 18.7 Å². The van der Waals surface area contributed by atoms with Crippen LogP contribution in [0.3, 0.4) is 0 Å². The lowest BCUT2D eigenvalue weighted by Gasteiger charge is -2.26. The van der Waals surface area contributed by atoms with Crippen molar-refractivity contribution in [3.8, 4) is 0 Å². The first-order chi connectivity index (χ1) is 10.1. The lowest BCUT2D eigenvalue weighted by atomic mass is 10.0. The smallest absolute Gasteiger partial charge is 0.306 e. The lowest BCUT2D eigenvalue weighted by Crippen LogP contribution is -2.31. The average molecular weight is 328 g/mol. The van der Waals surface area contributed by atoms with E-state index in [0.717, 1.165) is 22.6 Å². The Labute approximate surface area is 133 Å². The molecule has 0 aliphatic carbocycles. The van der Waals surface area contributed by atoms with Crippen LogP contribution in [0.2, 0.25) is 5.02 Å². The van der Waals surface area contributed by atoms with E-state index < -0.39 is 0 Å². The van der Waals surface area contributed by atoms with Crippen LogP contribution < -0.4 is 5.32 Å². The molecule has 0 saturated heterocycles. The topological polar surface area (TPSA) is 55.4 Å². The van der Waals surface area contributed by atoms with E-state index in [4.69, 9.17) is 16.3 Å². The standard InChI is InChI=1S/C15H18ClNO3S/c1-2-20-15(19)6-5-14(18)17-12-7-8-21-13-4-3-10(16)9-11(12)13/h3-4,9,12H,2,5-8H2,1H3,(H,17,18). The highest BCUT2D eigenvalue weighted by Gasteiger charge is 2.22. The number of fused-ring (bicyclic) bond motifs is 1. The molecule has 1 amide bonds. The van der Waals surface area contributed by atoms with Crippen LogP contribution in [0.25, 0.3) is 0 Å². The fourth-order valence-electron chi connectivity index (χ4n) is 2.23. The molecule has 0 saturated carbocycles. The number of hydrogen-bond donors (Lipinski definition) is 1. The van der Waals surface area contributed by atoms with Crippen LogP contribution in [0.5, 0.6) is 0 Å². The predicted molar refractivity (Wildman–Crippen MR) is 83.5 cm³/mol. The van der Waals surface area contributed by atoms with Crippen molar-refractivity contribution in [3.63, 3.8) is 0 Å². The van der Waals surface area contributed by atoms with Crippen molar-refractivity contribution in [1.82, 2.24) is 5.32 Å². The average Bonchev–Trinajstić information content (AvgIpc) is 2.46. The number of esters is 1. The van der Waals surface area contributed by atoms with Gasteiger partial charge in [-0.3, -0.25) is 9.59 Å². The van der Waals surface area contributed by atoms with Crippen molar-refractivity contribution >= 4 is 35.2 Å². The number of rotatable bonds is 5. The van der Waals surface area contributed by atoms with Crippen LogP contribution in [0.4, 0.5) is 0 Å². The number of nitrogens with one attached hydrogen (secondary N) is 1. The molecule has 1 aliphatic heterocycles. The number of amides is 1. The number of carbonyl (C=O) groups is 2. The SMILES string of the molecule is CCOC(=O)CCC(=O)NC1CCSc2ccc(Cl)cc21. The third-order valence-electron chi connectivity index (χ3n) is 3.21. The molecule has 0 bridgehead atoms. The molecule has 0 fully saturated rings. The highest BCUT2D eigenvalue weighted by molar-refractivity contribution is 7.99. The fraction of sp³-hybridized carbons (Fsp3) is 0.467. The number of carbonyl (C=O) groups excluding carboxylic acids is 2. The molecule has 1 N–H and O–H groups in total. The Morgan fingerprint density at radius 1 is 1.43 bits per heavy atom. The van der Waals surface area contributed by atoms with E-state index in [2.05, 4.69) is 5.32 Å². The van der Waals surface area contributed by atoms with Gasteiger partial charge in [0.1, 0.15) is 0 Å². The van der Waals surface area contributed by atoms with Gasteiger partial charge in [-0.25, -0.2) is 0 Å². The summed E-state index contributed by atoms with van der Waals surface area (Å²) in [6.45, 7) is 2.09. The van der Waals surface area contributed by atoms with Crippen molar-refractivity contribution in [2.45, 2.75) is 37.1 Å². The Balaban J connectivity index is 1.93. The monoisotopic (exact) mass is 327 g/mol. The number of ether oxygens (including phenoxy) is 1. The summed E-state index contributed by atoms with van der Waals surface area (Å²) in [6, 6.07) is 5.71. The van der Waals surface area contributed by atoms with E-state index in [0.29, 0.717) is 11.6 Å². The van der Waals surface area contributed by atoms with Gasteiger partial charge in [0.15, 0.2) is 0 Å². The van der Waals surface area contributed by atoms with Crippen LogP contribution in [-0.4, -0.2) is 24.2 Å². The quantitative estimate of drug-likeness (QED) is 0.843. The summed E-state index contributed by atoms with van der Waals surface area (Å²) in [4.78, 5) is 24.4. The molecule has 1 unspecified atom stereocenters. The Morgan fingerprint density at radius 3 is 3.00 bits per heavy atom. The lowest BCUT2D eigenvalue weighted by molar-refractivity contribution is -0.144. The van der Waals surface area contributed by atoms with E-state index in [9.17, 15) is 9.59 Å². The molecule has 21 heavy (non-hydrogen) atoms. The first-order valence-electron chi connectivity index (χ1n) is 6.97. The van der Waals surface area contributed by atoms with E-state index in [-0.39, 0.29) is 30.8 Å². The highest BCUT2D eigenvalue weighted by atomic mass is 35.5. The molecule has 2 rings (SSSR count). The van der Waals surface area contributed by atoms with Crippen molar-refractivity contribution in [2.75, 3.05) is 12.4 Å². The van der Waals surface area contributed by atoms with Gasteiger partial charge in [-0.2, -0.15) is 0 Å². The zero-order valence-electron chi connectivity index (χ0n) is 11.9. The van der Waals surface area contributed by atoms with E-state index >= 15 is 0 Å². The summed E-state index contributed by atoms with van der Waals surface area (Å²) in [6.07, 6.45) is 1.13. The molecular weight excluding hydrogens is 310 g/mol. The number of halogens is 1. The largest absolute Gasteiger partial charge is 0.466 e. The summed E-state index contributed by atoms with van der Waals surface area (Å²) in [7, 11) is 0. The zero-order chi connectivity index (χ0) is 15.2. The molecule has 0 radical (unpaired) electrons. The molecule has 1 aromatic carbocycles. The fourth-order valence-corrected chi connectivity index (χ4v) is 3.52. The third-order valence-corrected chi connectivity index (χ3v) is 4.57. The molecule has 1 heterocycles. The third kappa shape index (κ3) is 4.64. The molecule has 6 heteroatoms. The second-order valence-electron chi connectivity index (χ2n) is 4.74. The maximum atomic E-state index is 12.0. The zero-order valence-corrected chi connectivity index (χ0v) is 13.4. The van der Waals surface area contributed by atoms with Crippen LogP contribution >= 0.6 is 23.4 Å². The van der Waals surface area contributed by atoms with Gasteiger partial charge in [-0.1, -0.05) is 11.6 Å². The molecule has 0 spiro atoms. The maximum Gasteiger partial charge on any atom is 0.306 e. The second kappa shape index (κ2) is 7.71. The van der Waals surface area contributed by atoms with E-state index in [1.807, 2.05) is 18.2 Å². The number of benzene rings is 1. The first-order valence-corrected chi connectivity index (χ1v) is 8.33. The molecule has 1 aromatic rings. The summed E-state index contributed by atoms with van der Waals surface area (Å²) >= 11 is 7.80. The summed E-state index contributed by atoms with van der Waals surface area (Å²) < 4.78 is 4.81. The second-order valence-corrected chi connectivity index (χ2v) is 6.32. The minimum atomic E-state index is -0.338. The van der Waals surface area contributed by atoms with Crippen molar-refractivity contribution in [2.24, 2.45) is 0 Å². The van der Waals surface area contributed by atoms with Gasteiger partial charge in [0, 0.05) is 22.1 Å². The summed E-state index contributed by atoms with van der Waals surface area (Å²) in [5, 5.41) is 3.65. The molecule has 1 atom stereocenters. The van der Waals surface area contributed by atoms with Crippen molar-refractivity contribution in [1.29, 1.82) is 0 Å². The Morgan fingerprint density at radius 2 is 2.24 bits per heavy atom. The minimum absolute atomic E-state index is 0.0327. The van der Waals surface area contributed by atoms with E-state index in [1.165, 1.54) is 0 Å². The van der Waals surface area contributed by atoms with Crippen LogP contribution in [0.15, 0.2) is 23.1 Å². The van der Waals surface area contributed by atoms with Crippen molar-refractivity contribution < 1.29 is 14.3 Å². The van der Waals surface area contributed by atoms with Crippen LogP contribution in [-0.2, 0) is 14.3 Å². The highest BCUT2D eigenvalue weighted by Crippen LogP contribution is 2.37. The molecule has 1 aliphatic rings. The summed E-state index contributed by atoms with van der Waals surface area (Å²) in [5.41, 5.74) is 1.06. The van der Waals surface area contributed by atoms with Crippen LogP contribution in [0.1, 0.15) is 37.8 Å². The van der Waals surface area contributed by atoms with Crippen LogP contribution in [0, 0.1) is 0 Å². The van der Waals surface area contributed by atoms with Gasteiger partial charge in [-0.05, 0) is 37.1 Å². The van der Waals surface area contributed by atoms with Gasteiger partial charge in [-0.15, -0.1) is 11.8 Å². The first kappa shape index (κ1) is 16.2. The van der Waals surface area contributed by atoms with Gasteiger partial charge in [0.25, 0.3) is 0 Å². The van der Waals surface area contributed by atoms with Crippen molar-refractivity contribution in [3.05, 3.63) is 28.8 Å². The number of thioether (sulfide) groups is 1. The molecule has 4 nitrogen and oxygen atoms in total. The molecule has 114 valence electrons. The Bertz CT molecular complexity index is 536. The van der Waals surface area contributed by atoms with Gasteiger partial charge in [0.05, 0.1) is 19.1 Å². The molecule has 0 aromatic heterocycles. The Kier molecular flexibility index (Phi) is 5.94. The maximum absolute atomic E-state index is 12.0. The summed E-state index contributed by atoms with van der Waals surface area (Å²) in [5.74, 6) is 0.485. The van der Waals surface area contributed by atoms with Gasteiger partial charge < -0.3 is 10.1 Å². The normalized spacial score (nSPS) is 17.0. The number of hydrogen-bond acceptors (Lipinski definition) is 4. The molecular formula is C15H18ClNO3S. The predicted octanol–water partition coefficient (Wildman–Crippen LogP) is 3.34. The van der Waals surface area contributed by atoms with Gasteiger partial charge >= 0.3 is 5.97 Å². The minimum Gasteiger partial charge on any atom is -0.466 e. The Hall–Kier alpha value is -1.20. The van der Waals surface area contributed by atoms with Gasteiger partial charge in [0.2, 0.25) is 5.91 Å².